The lowest BCUT2D eigenvalue weighted by Gasteiger charge is -2.30. The van der Waals surface area contributed by atoms with Crippen LogP contribution < -0.4 is 5.32 Å². The number of nitrogens with one attached hydrogen (secondary N) is 1. The first-order valence-electron chi connectivity index (χ1n) is 8.74. The van der Waals surface area contributed by atoms with Crippen LogP contribution in [0.5, 0.6) is 0 Å². The van der Waals surface area contributed by atoms with E-state index in [4.69, 9.17) is 0 Å². The Morgan fingerprint density at radius 2 is 1.83 bits per heavy atom. The summed E-state index contributed by atoms with van der Waals surface area (Å²) in [7, 11) is 0. The van der Waals surface area contributed by atoms with Gasteiger partial charge in [0.05, 0.1) is 0 Å². The van der Waals surface area contributed by atoms with E-state index in [1.807, 2.05) is 35.2 Å². The predicted molar refractivity (Wildman–Crippen MR) is 99.1 cm³/mol. The van der Waals surface area contributed by atoms with Crippen molar-refractivity contribution >= 4 is 11.7 Å². The van der Waals surface area contributed by atoms with Crippen LogP contribution in [0.15, 0.2) is 48.5 Å². The number of aryl methyl sites for hydroxylation is 1. The van der Waals surface area contributed by atoms with Gasteiger partial charge < -0.3 is 10.2 Å². The molecule has 3 heteroatoms. The third-order valence-electron chi connectivity index (χ3n) is 5.10. The first kappa shape index (κ1) is 16.6. The summed E-state index contributed by atoms with van der Waals surface area (Å²) in [6.07, 6.45) is 2.45. The van der Waals surface area contributed by atoms with Crippen molar-refractivity contribution in [3.05, 3.63) is 65.2 Å². The lowest BCUT2D eigenvalue weighted by molar-refractivity contribution is 0.180. The molecule has 1 fully saturated rings. The molecule has 0 saturated heterocycles. The van der Waals surface area contributed by atoms with E-state index in [0.717, 1.165) is 11.3 Å². The number of nitrogens with zero attached hydrogens (tertiary/aromatic N) is 1. The second kappa shape index (κ2) is 7.08. The van der Waals surface area contributed by atoms with E-state index in [1.54, 1.807) is 0 Å². The highest BCUT2D eigenvalue weighted by atomic mass is 16.2. The molecule has 24 heavy (non-hydrogen) atoms. The molecule has 3 nitrogen and oxygen atoms in total. The van der Waals surface area contributed by atoms with Crippen LogP contribution in [0.3, 0.4) is 0 Å². The summed E-state index contributed by atoms with van der Waals surface area (Å²) >= 11 is 0. The van der Waals surface area contributed by atoms with E-state index in [0.29, 0.717) is 12.5 Å². The Hall–Kier alpha value is -2.29. The zero-order chi connectivity index (χ0) is 17.1. The molecule has 0 bridgehead atoms. The van der Waals surface area contributed by atoms with Crippen LogP contribution in [-0.4, -0.2) is 17.0 Å². The normalized spacial score (nSPS) is 15.0. The number of benzene rings is 2. The molecule has 0 aliphatic heterocycles. The summed E-state index contributed by atoms with van der Waals surface area (Å²) in [6.45, 7) is 6.94. The van der Waals surface area contributed by atoms with E-state index in [1.165, 1.54) is 24.0 Å². The molecule has 126 valence electrons. The fourth-order valence-corrected chi connectivity index (χ4v) is 3.09. The zero-order valence-electron chi connectivity index (χ0n) is 14.8. The first-order valence-corrected chi connectivity index (χ1v) is 8.74. The number of rotatable bonds is 5. The molecule has 1 N–H and O–H groups in total. The average molecular weight is 322 g/mol. The fourth-order valence-electron chi connectivity index (χ4n) is 3.09. The number of urea groups is 1. The summed E-state index contributed by atoms with van der Waals surface area (Å²) in [4.78, 5) is 14.9. The van der Waals surface area contributed by atoms with Crippen LogP contribution >= 0.6 is 0 Å². The second-order valence-electron chi connectivity index (χ2n) is 6.87. The van der Waals surface area contributed by atoms with Crippen molar-refractivity contribution in [2.45, 2.75) is 46.2 Å². The van der Waals surface area contributed by atoms with Gasteiger partial charge in [-0.2, -0.15) is 0 Å². The molecule has 1 aliphatic carbocycles. The molecule has 0 aromatic heterocycles. The van der Waals surface area contributed by atoms with Crippen molar-refractivity contribution in [1.29, 1.82) is 0 Å². The van der Waals surface area contributed by atoms with Gasteiger partial charge in [0, 0.05) is 18.3 Å². The van der Waals surface area contributed by atoms with E-state index in [2.05, 4.69) is 44.3 Å². The highest BCUT2D eigenvalue weighted by Crippen LogP contribution is 2.36. The maximum absolute atomic E-state index is 13.0. The Kier molecular flexibility index (Phi) is 4.89. The summed E-state index contributed by atoms with van der Waals surface area (Å²) < 4.78 is 0. The number of carbonyl (C=O) groups excluding carboxylic acids is 1. The molecule has 0 heterocycles. The molecule has 2 aromatic rings. The SMILES string of the molecule is Cc1cccc(NC(=O)N(Cc2ccccc2)C(C)C2CC2)c1C. The Balaban J connectivity index is 1.79. The van der Waals surface area contributed by atoms with Crippen molar-refractivity contribution in [2.24, 2.45) is 5.92 Å². The monoisotopic (exact) mass is 322 g/mol. The predicted octanol–water partition coefficient (Wildman–Crippen LogP) is 5.14. The number of anilines is 1. The highest BCUT2D eigenvalue weighted by molar-refractivity contribution is 5.90. The van der Waals surface area contributed by atoms with Gasteiger partial charge in [-0.25, -0.2) is 4.79 Å². The van der Waals surface area contributed by atoms with Gasteiger partial charge in [-0.05, 0) is 62.3 Å². The van der Waals surface area contributed by atoms with Gasteiger partial charge in [-0.1, -0.05) is 42.5 Å². The van der Waals surface area contributed by atoms with E-state index >= 15 is 0 Å². The molecule has 0 radical (unpaired) electrons. The van der Waals surface area contributed by atoms with Crippen molar-refractivity contribution in [1.82, 2.24) is 4.90 Å². The van der Waals surface area contributed by atoms with Crippen molar-refractivity contribution in [3.63, 3.8) is 0 Å². The third kappa shape index (κ3) is 3.78. The van der Waals surface area contributed by atoms with Crippen molar-refractivity contribution < 1.29 is 4.79 Å². The van der Waals surface area contributed by atoms with Gasteiger partial charge in [0.15, 0.2) is 0 Å². The van der Waals surface area contributed by atoms with Crippen LogP contribution in [-0.2, 0) is 6.54 Å². The third-order valence-corrected chi connectivity index (χ3v) is 5.10. The highest BCUT2D eigenvalue weighted by Gasteiger charge is 2.34. The summed E-state index contributed by atoms with van der Waals surface area (Å²) in [5.74, 6) is 0.637. The van der Waals surface area contributed by atoms with Crippen molar-refractivity contribution in [3.8, 4) is 0 Å². The number of hydrogen-bond donors (Lipinski definition) is 1. The lowest BCUT2D eigenvalue weighted by atomic mass is 10.1. The summed E-state index contributed by atoms with van der Waals surface area (Å²) in [5, 5.41) is 3.12. The summed E-state index contributed by atoms with van der Waals surface area (Å²) in [6, 6.07) is 16.5. The van der Waals surface area contributed by atoms with E-state index < -0.39 is 0 Å². The summed E-state index contributed by atoms with van der Waals surface area (Å²) in [5.41, 5.74) is 4.39. The quantitative estimate of drug-likeness (QED) is 0.812. The molecular weight excluding hydrogens is 296 g/mol. The van der Waals surface area contributed by atoms with Gasteiger partial charge in [0.2, 0.25) is 0 Å². The lowest BCUT2D eigenvalue weighted by Crippen LogP contribution is -2.42. The number of hydrogen-bond acceptors (Lipinski definition) is 1. The largest absolute Gasteiger partial charge is 0.322 e. The molecule has 1 saturated carbocycles. The van der Waals surface area contributed by atoms with E-state index in [9.17, 15) is 4.79 Å². The smallest absolute Gasteiger partial charge is 0.317 e. The standard InChI is InChI=1S/C21H26N2O/c1-15-8-7-11-20(16(15)2)22-21(24)23(17(3)19-12-13-19)14-18-9-5-4-6-10-18/h4-11,17,19H,12-14H2,1-3H3,(H,22,24). The molecule has 0 spiro atoms. The van der Waals surface area contributed by atoms with Crippen LogP contribution in [0.4, 0.5) is 10.5 Å². The molecule has 1 atom stereocenters. The molecule has 2 aromatic carbocycles. The average Bonchev–Trinajstić information content (AvgIpc) is 3.42. The zero-order valence-corrected chi connectivity index (χ0v) is 14.8. The van der Waals surface area contributed by atoms with Crippen molar-refractivity contribution in [2.75, 3.05) is 5.32 Å². The number of amides is 2. The topological polar surface area (TPSA) is 32.3 Å². The fraction of sp³-hybridized carbons (Fsp3) is 0.381. The van der Waals surface area contributed by atoms with Gasteiger partial charge in [-0.15, -0.1) is 0 Å². The van der Waals surface area contributed by atoms with Crippen LogP contribution in [0, 0.1) is 19.8 Å². The Morgan fingerprint density at radius 3 is 2.50 bits per heavy atom. The van der Waals surface area contributed by atoms with Gasteiger partial charge in [-0.3, -0.25) is 0 Å². The Bertz CT molecular complexity index is 707. The number of carbonyl (C=O) groups is 1. The van der Waals surface area contributed by atoms with Gasteiger partial charge in [0.1, 0.15) is 0 Å². The van der Waals surface area contributed by atoms with Gasteiger partial charge in [0.25, 0.3) is 0 Å². The molecule has 3 rings (SSSR count). The van der Waals surface area contributed by atoms with Crippen LogP contribution in [0.2, 0.25) is 0 Å². The van der Waals surface area contributed by atoms with E-state index in [-0.39, 0.29) is 12.1 Å². The molecular formula is C21H26N2O. The van der Waals surface area contributed by atoms with Crippen LogP contribution in [0.25, 0.3) is 0 Å². The molecule has 1 aliphatic rings. The Morgan fingerprint density at radius 1 is 1.12 bits per heavy atom. The molecule has 1 unspecified atom stereocenters. The van der Waals surface area contributed by atoms with Crippen LogP contribution in [0.1, 0.15) is 36.5 Å². The maximum atomic E-state index is 13.0. The minimum atomic E-state index is -0.00745. The second-order valence-corrected chi connectivity index (χ2v) is 6.87. The van der Waals surface area contributed by atoms with Gasteiger partial charge >= 0.3 is 6.03 Å². The minimum Gasteiger partial charge on any atom is -0.317 e. The first-order chi connectivity index (χ1) is 11.6. The molecule has 2 amide bonds. The maximum Gasteiger partial charge on any atom is 0.322 e. The minimum absolute atomic E-state index is 0.00745. The Labute approximate surface area is 144 Å².